The molecule has 142 valence electrons. The van der Waals surface area contributed by atoms with Gasteiger partial charge in [0.15, 0.2) is 0 Å². The minimum Gasteiger partial charge on any atom is -0.352 e. The maximum Gasteiger partial charge on any atom is 0.255 e. The zero-order chi connectivity index (χ0) is 19.8. The highest BCUT2D eigenvalue weighted by Crippen LogP contribution is 2.17. The van der Waals surface area contributed by atoms with Gasteiger partial charge in [-0.2, -0.15) is 0 Å². The summed E-state index contributed by atoms with van der Waals surface area (Å²) in [7, 11) is 0. The van der Waals surface area contributed by atoms with E-state index in [-0.39, 0.29) is 17.7 Å². The van der Waals surface area contributed by atoms with E-state index in [1.54, 1.807) is 48.5 Å². The van der Waals surface area contributed by atoms with Gasteiger partial charge in [-0.15, -0.1) is 0 Å². The molecule has 0 heterocycles. The maximum absolute atomic E-state index is 12.5. The fraction of sp³-hybridized carbons (Fsp3) is 0.286. The van der Waals surface area contributed by atoms with Crippen molar-refractivity contribution in [3.8, 4) is 0 Å². The van der Waals surface area contributed by atoms with Crippen LogP contribution in [0, 0.1) is 5.92 Å². The Morgan fingerprint density at radius 3 is 2.19 bits per heavy atom. The summed E-state index contributed by atoms with van der Waals surface area (Å²) in [6.45, 7) is 6.47. The fourth-order valence-corrected chi connectivity index (χ4v) is 2.38. The van der Waals surface area contributed by atoms with Crippen LogP contribution in [0.5, 0.6) is 0 Å². The van der Waals surface area contributed by atoms with Crippen LogP contribution < -0.4 is 16.0 Å². The van der Waals surface area contributed by atoms with E-state index in [9.17, 15) is 14.4 Å². The van der Waals surface area contributed by atoms with Gasteiger partial charge in [0.2, 0.25) is 5.91 Å². The summed E-state index contributed by atoms with van der Waals surface area (Å²) in [5.41, 5.74) is 2.26. The number of amides is 3. The van der Waals surface area contributed by atoms with Crippen LogP contribution in [0.25, 0.3) is 0 Å². The number of rotatable bonds is 7. The third-order valence-electron chi connectivity index (χ3n) is 3.85. The van der Waals surface area contributed by atoms with Crippen molar-refractivity contribution in [2.24, 2.45) is 5.92 Å². The Hall–Kier alpha value is -3.15. The Morgan fingerprint density at radius 1 is 0.889 bits per heavy atom. The van der Waals surface area contributed by atoms with Crippen molar-refractivity contribution in [3.05, 3.63) is 65.2 Å². The molecule has 0 aromatic heterocycles. The van der Waals surface area contributed by atoms with Gasteiger partial charge in [-0.1, -0.05) is 38.1 Å². The van der Waals surface area contributed by atoms with Gasteiger partial charge in [0, 0.05) is 25.6 Å². The van der Waals surface area contributed by atoms with Gasteiger partial charge in [-0.25, -0.2) is 0 Å². The van der Waals surface area contributed by atoms with Crippen LogP contribution in [0.3, 0.4) is 0 Å². The molecular weight excluding hydrogens is 342 g/mol. The minimum atomic E-state index is -0.301. The molecule has 0 saturated heterocycles. The number of carbonyl (C=O) groups is 3. The lowest BCUT2D eigenvalue weighted by Gasteiger charge is -2.13. The number of benzene rings is 2. The molecule has 2 aromatic rings. The summed E-state index contributed by atoms with van der Waals surface area (Å²) < 4.78 is 0. The van der Waals surface area contributed by atoms with E-state index in [1.807, 2.05) is 13.8 Å². The molecule has 2 rings (SSSR count). The standard InChI is InChI=1S/C21H25N3O3/c1-14(2)12-23-21(27)18-6-4-5-7-19(18)24-20(26)17-10-8-16(9-11-17)13-22-15(3)25/h4-11,14H,12-13H2,1-3H3,(H,22,25)(H,23,27)(H,24,26). The number of anilines is 1. The normalized spacial score (nSPS) is 10.4. The first-order valence-electron chi connectivity index (χ1n) is 8.88. The van der Waals surface area contributed by atoms with Gasteiger partial charge in [0.05, 0.1) is 11.3 Å². The average molecular weight is 367 g/mol. The van der Waals surface area contributed by atoms with Crippen molar-refractivity contribution < 1.29 is 14.4 Å². The molecule has 0 unspecified atom stereocenters. The van der Waals surface area contributed by atoms with Gasteiger partial charge >= 0.3 is 0 Å². The third-order valence-corrected chi connectivity index (χ3v) is 3.85. The van der Waals surface area contributed by atoms with Gasteiger partial charge < -0.3 is 16.0 Å². The van der Waals surface area contributed by atoms with E-state index >= 15 is 0 Å². The predicted molar refractivity (Wildman–Crippen MR) is 106 cm³/mol. The minimum absolute atomic E-state index is 0.107. The largest absolute Gasteiger partial charge is 0.352 e. The zero-order valence-corrected chi connectivity index (χ0v) is 15.8. The van der Waals surface area contributed by atoms with Crippen LogP contribution >= 0.6 is 0 Å². The van der Waals surface area contributed by atoms with Crippen molar-refractivity contribution in [2.45, 2.75) is 27.3 Å². The lowest BCUT2D eigenvalue weighted by molar-refractivity contribution is -0.119. The van der Waals surface area contributed by atoms with Gasteiger partial charge in [-0.05, 0) is 35.7 Å². The smallest absolute Gasteiger partial charge is 0.255 e. The van der Waals surface area contributed by atoms with E-state index in [4.69, 9.17) is 0 Å². The zero-order valence-electron chi connectivity index (χ0n) is 15.8. The molecule has 2 aromatic carbocycles. The van der Waals surface area contributed by atoms with Crippen LogP contribution in [-0.2, 0) is 11.3 Å². The molecule has 27 heavy (non-hydrogen) atoms. The molecule has 0 fully saturated rings. The molecule has 0 atom stereocenters. The Kier molecular flexibility index (Phi) is 7.11. The first-order valence-corrected chi connectivity index (χ1v) is 8.88. The molecule has 6 heteroatoms. The van der Waals surface area contributed by atoms with E-state index in [1.165, 1.54) is 6.92 Å². The summed E-state index contributed by atoms with van der Waals surface area (Å²) in [6.07, 6.45) is 0. The molecule has 3 amide bonds. The summed E-state index contributed by atoms with van der Waals surface area (Å²) in [6, 6.07) is 13.9. The van der Waals surface area contributed by atoms with Crippen molar-refractivity contribution in [3.63, 3.8) is 0 Å². The Morgan fingerprint density at radius 2 is 1.56 bits per heavy atom. The molecule has 6 nitrogen and oxygen atoms in total. The van der Waals surface area contributed by atoms with E-state index in [0.717, 1.165) is 5.56 Å². The first kappa shape index (κ1) is 20.2. The molecular formula is C21H25N3O3. The Balaban J connectivity index is 2.07. The second-order valence-corrected chi connectivity index (χ2v) is 6.71. The molecule has 0 aliphatic rings. The van der Waals surface area contributed by atoms with E-state index in [2.05, 4.69) is 16.0 Å². The topological polar surface area (TPSA) is 87.3 Å². The number of hydrogen-bond acceptors (Lipinski definition) is 3. The Bertz CT molecular complexity index is 814. The molecule has 0 spiro atoms. The summed E-state index contributed by atoms with van der Waals surface area (Å²) in [5.74, 6) is -0.286. The summed E-state index contributed by atoms with van der Waals surface area (Å²) in [5, 5.41) is 8.36. The Labute approximate surface area is 159 Å². The van der Waals surface area contributed by atoms with Crippen LogP contribution in [-0.4, -0.2) is 24.3 Å². The molecule has 0 aliphatic heterocycles. The monoisotopic (exact) mass is 367 g/mol. The molecule has 0 aliphatic carbocycles. The highest BCUT2D eigenvalue weighted by atomic mass is 16.2. The molecule has 0 radical (unpaired) electrons. The quantitative estimate of drug-likeness (QED) is 0.703. The average Bonchev–Trinajstić information content (AvgIpc) is 2.65. The van der Waals surface area contributed by atoms with Crippen molar-refractivity contribution >= 4 is 23.4 Å². The SMILES string of the molecule is CC(=O)NCc1ccc(C(=O)Nc2ccccc2C(=O)NCC(C)C)cc1. The lowest BCUT2D eigenvalue weighted by atomic mass is 10.1. The molecule has 0 saturated carbocycles. The third kappa shape index (κ3) is 6.26. The van der Waals surface area contributed by atoms with E-state index < -0.39 is 0 Å². The highest BCUT2D eigenvalue weighted by Gasteiger charge is 2.14. The van der Waals surface area contributed by atoms with Crippen LogP contribution in [0.1, 0.15) is 47.1 Å². The number of hydrogen-bond donors (Lipinski definition) is 3. The van der Waals surface area contributed by atoms with Crippen molar-refractivity contribution in [2.75, 3.05) is 11.9 Å². The number of carbonyl (C=O) groups excluding carboxylic acids is 3. The van der Waals surface area contributed by atoms with Gasteiger partial charge in [0.25, 0.3) is 11.8 Å². The second kappa shape index (κ2) is 9.52. The predicted octanol–water partition coefficient (Wildman–Crippen LogP) is 2.96. The fourth-order valence-electron chi connectivity index (χ4n) is 2.38. The first-order chi connectivity index (χ1) is 12.9. The second-order valence-electron chi connectivity index (χ2n) is 6.71. The number of para-hydroxylation sites is 1. The van der Waals surface area contributed by atoms with Crippen LogP contribution in [0.2, 0.25) is 0 Å². The van der Waals surface area contributed by atoms with Gasteiger partial charge in [-0.3, -0.25) is 14.4 Å². The van der Waals surface area contributed by atoms with Crippen LogP contribution in [0.15, 0.2) is 48.5 Å². The van der Waals surface area contributed by atoms with Gasteiger partial charge in [0.1, 0.15) is 0 Å². The molecule has 0 bridgehead atoms. The highest BCUT2D eigenvalue weighted by molar-refractivity contribution is 6.09. The summed E-state index contributed by atoms with van der Waals surface area (Å²) >= 11 is 0. The van der Waals surface area contributed by atoms with Crippen molar-refractivity contribution in [1.29, 1.82) is 0 Å². The van der Waals surface area contributed by atoms with Crippen molar-refractivity contribution in [1.82, 2.24) is 10.6 Å². The number of nitrogens with one attached hydrogen (secondary N) is 3. The maximum atomic E-state index is 12.5. The van der Waals surface area contributed by atoms with Crippen LogP contribution in [0.4, 0.5) is 5.69 Å². The summed E-state index contributed by atoms with van der Waals surface area (Å²) in [4.78, 5) is 35.8. The lowest BCUT2D eigenvalue weighted by Crippen LogP contribution is -2.28. The van der Waals surface area contributed by atoms with E-state index in [0.29, 0.717) is 35.8 Å². The molecule has 3 N–H and O–H groups in total.